The number of carbonyl (C=O) groups is 2. The summed E-state index contributed by atoms with van der Waals surface area (Å²) in [4.78, 5) is 23.4. The third kappa shape index (κ3) is 4.58. The number of carboxylic acid groups (broad SMARTS) is 1. The second-order valence-electron chi connectivity index (χ2n) is 6.71. The summed E-state index contributed by atoms with van der Waals surface area (Å²) in [6, 6.07) is 0. The van der Waals surface area contributed by atoms with E-state index in [0.717, 1.165) is 18.3 Å². The molecule has 0 aliphatic heterocycles. The molecule has 2 N–H and O–H groups in total. The molecule has 2 aliphatic carbocycles. The number of allylic oxidation sites excluding steroid dienone is 2. The van der Waals surface area contributed by atoms with Gasteiger partial charge in [-0.1, -0.05) is 38.3 Å². The molecule has 0 radical (unpaired) electrons. The van der Waals surface area contributed by atoms with Crippen LogP contribution < -0.4 is 5.32 Å². The molecule has 0 spiro atoms. The van der Waals surface area contributed by atoms with E-state index >= 15 is 0 Å². The molecule has 0 saturated heterocycles. The first-order valence-corrected chi connectivity index (χ1v) is 8.23. The van der Waals surface area contributed by atoms with Crippen molar-refractivity contribution in [2.45, 2.75) is 51.9 Å². The summed E-state index contributed by atoms with van der Waals surface area (Å²) >= 11 is 0. The number of hydrogen-bond acceptors (Lipinski definition) is 2. The molecule has 1 fully saturated rings. The van der Waals surface area contributed by atoms with Crippen molar-refractivity contribution >= 4 is 11.9 Å². The van der Waals surface area contributed by atoms with Gasteiger partial charge in [-0.25, -0.2) is 0 Å². The van der Waals surface area contributed by atoms with Gasteiger partial charge in [-0.2, -0.15) is 0 Å². The largest absolute Gasteiger partial charge is 0.481 e. The number of hydrogen-bond donors (Lipinski definition) is 2. The maximum absolute atomic E-state index is 12.2. The molecular weight excluding hydrogens is 266 g/mol. The van der Waals surface area contributed by atoms with Crippen LogP contribution in [0.1, 0.15) is 51.9 Å². The minimum absolute atomic E-state index is 0.0874. The summed E-state index contributed by atoms with van der Waals surface area (Å²) in [5, 5.41) is 12.2. The van der Waals surface area contributed by atoms with E-state index in [4.69, 9.17) is 0 Å². The highest BCUT2D eigenvalue weighted by Crippen LogP contribution is 2.30. The SMILES string of the molecule is CC1CCCC(CCNC(=O)[C@@H]2CC=CC[C@@H]2C(=O)O)C1. The number of nitrogens with one attached hydrogen (secondary N) is 1. The fourth-order valence-electron chi connectivity index (χ4n) is 3.73. The molecule has 0 heterocycles. The summed E-state index contributed by atoms with van der Waals surface area (Å²) in [6.45, 7) is 2.99. The van der Waals surface area contributed by atoms with Gasteiger partial charge in [0.15, 0.2) is 0 Å². The van der Waals surface area contributed by atoms with Crippen LogP contribution in [0.15, 0.2) is 12.2 Å². The Hall–Kier alpha value is -1.32. The van der Waals surface area contributed by atoms with Gasteiger partial charge in [-0.3, -0.25) is 9.59 Å². The molecule has 21 heavy (non-hydrogen) atoms. The Kier molecular flexibility index (Phi) is 5.83. The van der Waals surface area contributed by atoms with Gasteiger partial charge in [-0.15, -0.1) is 0 Å². The van der Waals surface area contributed by atoms with Crippen LogP contribution in [0.4, 0.5) is 0 Å². The topological polar surface area (TPSA) is 66.4 Å². The van der Waals surface area contributed by atoms with E-state index in [0.29, 0.717) is 19.4 Å². The molecule has 0 aromatic carbocycles. The van der Waals surface area contributed by atoms with E-state index in [-0.39, 0.29) is 5.91 Å². The summed E-state index contributed by atoms with van der Waals surface area (Å²) in [5.41, 5.74) is 0. The molecule has 0 aromatic heterocycles. The Labute approximate surface area is 127 Å². The Morgan fingerprint density at radius 1 is 1.19 bits per heavy atom. The van der Waals surface area contributed by atoms with Crippen LogP contribution in [0.3, 0.4) is 0 Å². The molecule has 2 unspecified atom stereocenters. The van der Waals surface area contributed by atoms with Crippen LogP contribution in [0, 0.1) is 23.7 Å². The lowest BCUT2D eigenvalue weighted by Gasteiger charge is -2.27. The lowest BCUT2D eigenvalue weighted by Crippen LogP contribution is -2.39. The molecule has 4 heteroatoms. The maximum Gasteiger partial charge on any atom is 0.307 e. The first kappa shape index (κ1) is 16.1. The molecular formula is C17H27NO3. The minimum atomic E-state index is -0.861. The van der Waals surface area contributed by atoms with E-state index < -0.39 is 17.8 Å². The van der Waals surface area contributed by atoms with Crippen molar-refractivity contribution < 1.29 is 14.7 Å². The van der Waals surface area contributed by atoms with Crippen LogP contribution in [-0.4, -0.2) is 23.5 Å². The fraction of sp³-hybridized carbons (Fsp3) is 0.765. The summed E-state index contributed by atoms with van der Waals surface area (Å²) in [7, 11) is 0. The zero-order chi connectivity index (χ0) is 15.2. The van der Waals surface area contributed by atoms with Gasteiger partial charge in [0, 0.05) is 6.54 Å². The number of aliphatic carboxylic acids is 1. The van der Waals surface area contributed by atoms with Gasteiger partial charge < -0.3 is 10.4 Å². The number of carboxylic acids is 1. The maximum atomic E-state index is 12.2. The van der Waals surface area contributed by atoms with Crippen LogP contribution in [0.25, 0.3) is 0 Å². The zero-order valence-corrected chi connectivity index (χ0v) is 12.9. The average Bonchev–Trinajstić information content (AvgIpc) is 2.47. The second-order valence-corrected chi connectivity index (χ2v) is 6.71. The van der Waals surface area contributed by atoms with Gasteiger partial charge in [0.2, 0.25) is 5.91 Å². The predicted octanol–water partition coefficient (Wildman–Crippen LogP) is 2.99. The van der Waals surface area contributed by atoms with Crippen molar-refractivity contribution in [1.29, 1.82) is 0 Å². The lowest BCUT2D eigenvalue weighted by atomic mass is 9.80. The molecule has 0 aromatic rings. The van der Waals surface area contributed by atoms with E-state index in [1.54, 1.807) is 0 Å². The second kappa shape index (κ2) is 7.62. The highest BCUT2D eigenvalue weighted by Gasteiger charge is 2.33. The van der Waals surface area contributed by atoms with Gasteiger partial charge in [0.1, 0.15) is 0 Å². The van der Waals surface area contributed by atoms with Crippen LogP contribution in [0.5, 0.6) is 0 Å². The van der Waals surface area contributed by atoms with Gasteiger partial charge >= 0.3 is 5.97 Å². The van der Waals surface area contributed by atoms with Crippen molar-refractivity contribution in [3.63, 3.8) is 0 Å². The molecule has 2 aliphatic rings. The van der Waals surface area contributed by atoms with E-state index in [1.165, 1.54) is 25.7 Å². The van der Waals surface area contributed by atoms with Crippen molar-refractivity contribution in [2.75, 3.05) is 6.54 Å². The van der Waals surface area contributed by atoms with Crippen molar-refractivity contribution in [1.82, 2.24) is 5.32 Å². The van der Waals surface area contributed by atoms with Gasteiger partial charge in [0.25, 0.3) is 0 Å². The smallest absolute Gasteiger partial charge is 0.307 e. The lowest BCUT2D eigenvalue weighted by molar-refractivity contribution is -0.147. The monoisotopic (exact) mass is 293 g/mol. The Balaban J connectivity index is 1.76. The Bertz CT molecular complexity index is 405. The van der Waals surface area contributed by atoms with E-state index in [9.17, 15) is 14.7 Å². The number of amides is 1. The number of carbonyl (C=O) groups excluding carboxylic acids is 1. The van der Waals surface area contributed by atoms with Gasteiger partial charge in [0.05, 0.1) is 11.8 Å². The van der Waals surface area contributed by atoms with E-state index in [1.807, 2.05) is 12.2 Å². The zero-order valence-electron chi connectivity index (χ0n) is 12.9. The quantitative estimate of drug-likeness (QED) is 0.766. The third-order valence-electron chi connectivity index (χ3n) is 4.98. The molecule has 1 saturated carbocycles. The molecule has 2 rings (SSSR count). The normalized spacial score (nSPS) is 32.6. The van der Waals surface area contributed by atoms with Crippen molar-refractivity contribution in [3.8, 4) is 0 Å². The summed E-state index contributed by atoms with van der Waals surface area (Å²) in [6.07, 6.45) is 11.0. The van der Waals surface area contributed by atoms with Crippen LogP contribution >= 0.6 is 0 Å². The molecule has 4 nitrogen and oxygen atoms in total. The fourth-order valence-corrected chi connectivity index (χ4v) is 3.73. The molecule has 1 amide bonds. The van der Waals surface area contributed by atoms with Crippen LogP contribution in [-0.2, 0) is 9.59 Å². The van der Waals surface area contributed by atoms with E-state index in [2.05, 4.69) is 12.2 Å². The number of rotatable bonds is 5. The highest BCUT2D eigenvalue weighted by molar-refractivity contribution is 5.85. The van der Waals surface area contributed by atoms with Gasteiger partial charge in [-0.05, 0) is 37.5 Å². The molecule has 118 valence electrons. The minimum Gasteiger partial charge on any atom is -0.481 e. The van der Waals surface area contributed by atoms with Crippen molar-refractivity contribution in [3.05, 3.63) is 12.2 Å². The first-order chi connectivity index (χ1) is 10.1. The Morgan fingerprint density at radius 2 is 1.90 bits per heavy atom. The average molecular weight is 293 g/mol. The predicted molar refractivity (Wildman–Crippen MR) is 81.7 cm³/mol. The standard InChI is InChI=1S/C17H27NO3/c1-12-5-4-6-13(11-12)9-10-18-16(19)14-7-2-3-8-15(14)17(20)21/h2-3,12-15H,4-11H2,1H3,(H,18,19)(H,20,21)/t12?,13?,14-,15+/m1/s1. The first-order valence-electron chi connectivity index (χ1n) is 8.23. The summed E-state index contributed by atoms with van der Waals surface area (Å²) in [5.74, 6) is -0.395. The Morgan fingerprint density at radius 3 is 2.57 bits per heavy atom. The third-order valence-corrected chi connectivity index (χ3v) is 4.98. The van der Waals surface area contributed by atoms with Crippen molar-refractivity contribution in [2.24, 2.45) is 23.7 Å². The summed E-state index contributed by atoms with van der Waals surface area (Å²) < 4.78 is 0. The molecule has 4 atom stereocenters. The highest BCUT2D eigenvalue weighted by atomic mass is 16.4. The molecule has 0 bridgehead atoms. The van der Waals surface area contributed by atoms with Crippen LogP contribution in [0.2, 0.25) is 0 Å².